The van der Waals surface area contributed by atoms with Crippen LogP contribution in [0.2, 0.25) is 0 Å². The van der Waals surface area contributed by atoms with E-state index < -0.39 is 6.03 Å². The highest BCUT2D eigenvalue weighted by atomic mass is 127. The van der Waals surface area contributed by atoms with Crippen molar-refractivity contribution in [3.05, 3.63) is 51.6 Å². The van der Waals surface area contributed by atoms with Crippen LogP contribution in [0.1, 0.15) is 5.56 Å². The number of amides is 2. The maximum Gasteiger partial charge on any atom is 0.339 e. The normalized spacial score (nSPS) is 10.5. The van der Waals surface area contributed by atoms with Crippen LogP contribution in [0.5, 0.6) is 11.5 Å². The molecule has 3 N–H and O–H groups in total. The van der Waals surface area contributed by atoms with Gasteiger partial charge in [0.2, 0.25) is 0 Å². The average molecular weight is 411 g/mol. The van der Waals surface area contributed by atoms with Crippen LogP contribution in [0.25, 0.3) is 0 Å². The summed E-state index contributed by atoms with van der Waals surface area (Å²) < 4.78 is 5.69. The molecule has 0 spiro atoms. The number of carbonyl (C=O) groups excluding carboxylic acids is 1. The summed E-state index contributed by atoms with van der Waals surface area (Å²) in [6, 6.07) is 12.0. The number of nitrogens with one attached hydrogen (secondary N) is 2. The zero-order valence-corrected chi connectivity index (χ0v) is 13.9. The number of anilines is 1. The Morgan fingerprint density at radius 3 is 2.73 bits per heavy atom. The molecule has 0 saturated carbocycles. The molecule has 114 valence electrons. The third-order valence-electron chi connectivity index (χ3n) is 2.68. The molecule has 2 amide bonds. The molecule has 0 fully saturated rings. The van der Waals surface area contributed by atoms with E-state index in [1.165, 1.54) is 13.3 Å². The third kappa shape index (κ3) is 4.35. The monoisotopic (exact) mass is 411 g/mol. The maximum atomic E-state index is 11.6. The summed E-state index contributed by atoms with van der Waals surface area (Å²) in [5.41, 5.74) is 3.74. The molecule has 0 aliphatic carbocycles. The lowest BCUT2D eigenvalue weighted by atomic mass is 10.2. The number of nitrogens with zero attached hydrogens (tertiary/aromatic N) is 1. The quantitative estimate of drug-likeness (QED) is 0.411. The standard InChI is InChI=1S/C15H14IN3O3/c1-22-13-8-10(7-12(16)14(13)20)9-17-19-15(21)18-11-5-3-2-4-6-11/h2-9,20H,1H3,(H2,18,19,21)/b17-9+. The molecule has 22 heavy (non-hydrogen) atoms. The van der Waals surface area contributed by atoms with Crippen molar-refractivity contribution >= 4 is 40.5 Å². The first kappa shape index (κ1) is 16.1. The highest BCUT2D eigenvalue weighted by Crippen LogP contribution is 2.31. The Balaban J connectivity index is 1.98. The Bertz CT molecular complexity index is 690. The summed E-state index contributed by atoms with van der Waals surface area (Å²) in [7, 11) is 1.47. The van der Waals surface area contributed by atoms with Gasteiger partial charge in [0.25, 0.3) is 0 Å². The minimum atomic E-state index is -0.442. The molecule has 0 radical (unpaired) electrons. The summed E-state index contributed by atoms with van der Waals surface area (Å²) in [5, 5.41) is 16.2. The zero-order chi connectivity index (χ0) is 15.9. The Labute approximate surface area is 141 Å². The van der Waals surface area contributed by atoms with Crippen LogP contribution < -0.4 is 15.5 Å². The third-order valence-corrected chi connectivity index (χ3v) is 3.50. The van der Waals surface area contributed by atoms with Gasteiger partial charge in [-0.25, -0.2) is 10.2 Å². The van der Waals surface area contributed by atoms with Gasteiger partial charge in [0.05, 0.1) is 16.9 Å². The number of phenols is 1. The average Bonchev–Trinajstić information content (AvgIpc) is 2.51. The van der Waals surface area contributed by atoms with Gasteiger partial charge in [-0.1, -0.05) is 18.2 Å². The molecule has 0 heterocycles. The van der Waals surface area contributed by atoms with E-state index in [1.807, 2.05) is 40.8 Å². The van der Waals surface area contributed by atoms with Gasteiger partial charge in [0.1, 0.15) is 0 Å². The second-order valence-electron chi connectivity index (χ2n) is 4.24. The minimum Gasteiger partial charge on any atom is -0.504 e. The van der Waals surface area contributed by atoms with E-state index in [2.05, 4.69) is 15.8 Å². The van der Waals surface area contributed by atoms with Gasteiger partial charge in [0, 0.05) is 5.69 Å². The summed E-state index contributed by atoms with van der Waals surface area (Å²) >= 11 is 1.99. The van der Waals surface area contributed by atoms with Crippen molar-refractivity contribution in [1.29, 1.82) is 0 Å². The van der Waals surface area contributed by atoms with E-state index in [-0.39, 0.29) is 5.75 Å². The molecular weight excluding hydrogens is 397 g/mol. The van der Waals surface area contributed by atoms with Gasteiger partial charge in [-0.2, -0.15) is 5.10 Å². The molecule has 0 bridgehead atoms. The van der Waals surface area contributed by atoms with E-state index in [1.54, 1.807) is 24.3 Å². The number of benzene rings is 2. The number of hydrogen-bond acceptors (Lipinski definition) is 4. The second-order valence-corrected chi connectivity index (χ2v) is 5.41. The van der Waals surface area contributed by atoms with Crippen molar-refractivity contribution in [3.63, 3.8) is 0 Å². The number of methoxy groups -OCH3 is 1. The fourth-order valence-corrected chi connectivity index (χ4v) is 2.30. The Morgan fingerprint density at radius 2 is 2.05 bits per heavy atom. The molecule has 2 aromatic carbocycles. The van der Waals surface area contributed by atoms with Crippen LogP contribution in [0.4, 0.5) is 10.5 Å². The Kier molecular flexibility index (Phi) is 5.59. The smallest absolute Gasteiger partial charge is 0.339 e. The van der Waals surface area contributed by atoms with Crippen LogP contribution >= 0.6 is 22.6 Å². The van der Waals surface area contributed by atoms with Crippen LogP contribution in [-0.2, 0) is 0 Å². The zero-order valence-electron chi connectivity index (χ0n) is 11.7. The Morgan fingerprint density at radius 1 is 1.32 bits per heavy atom. The lowest BCUT2D eigenvalue weighted by Crippen LogP contribution is -2.24. The number of hydrogen-bond donors (Lipinski definition) is 3. The second kappa shape index (κ2) is 7.64. The topological polar surface area (TPSA) is 83.0 Å². The SMILES string of the molecule is COc1cc(/C=N/NC(=O)Nc2ccccc2)cc(I)c1O. The fraction of sp³-hybridized carbons (Fsp3) is 0.0667. The molecule has 7 heteroatoms. The van der Waals surface area contributed by atoms with Gasteiger partial charge in [0.15, 0.2) is 11.5 Å². The van der Waals surface area contributed by atoms with Crippen LogP contribution in [-0.4, -0.2) is 24.5 Å². The Hall–Kier alpha value is -2.29. The van der Waals surface area contributed by atoms with Gasteiger partial charge in [-0.05, 0) is 52.4 Å². The van der Waals surface area contributed by atoms with Crippen LogP contribution in [0.3, 0.4) is 0 Å². The minimum absolute atomic E-state index is 0.0787. The highest BCUT2D eigenvalue weighted by Gasteiger charge is 2.07. The highest BCUT2D eigenvalue weighted by molar-refractivity contribution is 14.1. The lowest BCUT2D eigenvalue weighted by Gasteiger charge is -2.06. The first-order valence-corrected chi connectivity index (χ1v) is 7.39. The van der Waals surface area contributed by atoms with Crippen molar-refractivity contribution in [1.82, 2.24) is 5.43 Å². The molecule has 0 aromatic heterocycles. The predicted octanol–water partition coefficient (Wildman–Crippen LogP) is 3.16. The van der Waals surface area contributed by atoms with E-state index in [4.69, 9.17) is 4.74 Å². The van der Waals surface area contributed by atoms with Gasteiger partial charge < -0.3 is 15.2 Å². The van der Waals surface area contributed by atoms with E-state index in [9.17, 15) is 9.90 Å². The van der Waals surface area contributed by atoms with Crippen molar-refractivity contribution in [2.45, 2.75) is 0 Å². The number of carbonyl (C=O) groups is 1. The number of phenolic OH excluding ortho intramolecular Hbond substituents is 1. The molecule has 0 saturated heterocycles. The fourth-order valence-electron chi connectivity index (χ4n) is 1.67. The number of para-hydroxylation sites is 1. The molecular formula is C15H14IN3O3. The number of hydrazone groups is 1. The summed E-state index contributed by atoms with van der Waals surface area (Å²) in [5.74, 6) is 0.428. The van der Waals surface area contributed by atoms with Crippen LogP contribution in [0, 0.1) is 3.57 Å². The number of rotatable bonds is 4. The van der Waals surface area contributed by atoms with Gasteiger partial charge >= 0.3 is 6.03 Å². The lowest BCUT2D eigenvalue weighted by molar-refractivity contribution is 0.252. The van der Waals surface area contributed by atoms with E-state index >= 15 is 0 Å². The number of urea groups is 1. The summed E-state index contributed by atoms with van der Waals surface area (Å²) in [6.45, 7) is 0. The molecule has 0 atom stereocenters. The predicted molar refractivity (Wildman–Crippen MR) is 93.6 cm³/mol. The molecule has 2 rings (SSSR count). The number of aromatic hydroxyl groups is 1. The van der Waals surface area contributed by atoms with Crippen molar-refractivity contribution in [3.8, 4) is 11.5 Å². The molecule has 0 aliphatic rings. The number of ether oxygens (including phenoxy) is 1. The molecule has 0 aliphatic heterocycles. The first-order chi connectivity index (χ1) is 10.6. The van der Waals surface area contributed by atoms with Crippen molar-refractivity contribution in [2.75, 3.05) is 12.4 Å². The molecule has 2 aromatic rings. The number of halogens is 1. The molecule has 0 unspecified atom stereocenters. The van der Waals surface area contributed by atoms with E-state index in [0.717, 1.165) is 0 Å². The van der Waals surface area contributed by atoms with E-state index in [0.29, 0.717) is 20.6 Å². The van der Waals surface area contributed by atoms with Crippen LogP contribution in [0.15, 0.2) is 47.6 Å². The first-order valence-electron chi connectivity index (χ1n) is 6.31. The van der Waals surface area contributed by atoms with Crippen molar-refractivity contribution in [2.24, 2.45) is 5.10 Å². The summed E-state index contributed by atoms with van der Waals surface area (Å²) in [4.78, 5) is 11.6. The molecule has 6 nitrogen and oxygen atoms in total. The van der Waals surface area contributed by atoms with Gasteiger partial charge in [-0.15, -0.1) is 0 Å². The summed E-state index contributed by atoms with van der Waals surface area (Å²) in [6.07, 6.45) is 1.47. The maximum absolute atomic E-state index is 11.6. The van der Waals surface area contributed by atoms with Gasteiger partial charge in [-0.3, -0.25) is 0 Å². The largest absolute Gasteiger partial charge is 0.504 e. The van der Waals surface area contributed by atoms with Crippen molar-refractivity contribution < 1.29 is 14.6 Å².